The number of nitrogens with zero attached hydrogens (tertiary/aromatic N) is 4. The van der Waals surface area contributed by atoms with E-state index in [2.05, 4.69) is 60.7 Å². The zero-order valence-corrected chi connectivity index (χ0v) is 15.7. The standard InChI is InChI=1S/C21H26N6/c1-2-22-21-23-11-16(12-24-21)14-27-10-6-9-18(15-27)20-19(13-25-26-20)17-7-4-3-5-8-17/h3-5,7-8,11-13,18H,2,6,9-10,14-15H2,1H3,(H,25,26)(H,22,23,24)/t18-/m1/s1. The molecule has 0 aliphatic carbocycles. The van der Waals surface area contributed by atoms with E-state index in [4.69, 9.17) is 0 Å². The van der Waals surface area contributed by atoms with Gasteiger partial charge in [-0.05, 0) is 31.9 Å². The number of anilines is 1. The fraction of sp³-hybridized carbons (Fsp3) is 0.381. The number of hydrogen-bond acceptors (Lipinski definition) is 5. The number of nitrogens with one attached hydrogen (secondary N) is 2. The Balaban J connectivity index is 1.45. The van der Waals surface area contributed by atoms with Crippen LogP contribution in [0.15, 0.2) is 48.9 Å². The van der Waals surface area contributed by atoms with E-state index in [1.54, 1.807) is 0 Å². The van der Waals surface area contributed by atoms with Crippen molar-refractivity contribution in [1.82, 2.24) is 25.1 Å². The summed E-state index contributed by atoms with van der Waals surface area (Å²) in [4.78, 5) is 11.3. The van der Waals surface area contributed by atoms with Crippen molar-refractivity contribution in [3.05, 3.63) is 60.2 Å². The molecule has 1 aromatic carbocycles. The monoisotopic (exact) mass is 362 g/mol. The number of benzene rings is 1. The maximum Gasteiger partial charge on any atom is 0.222 e. The minimum Gasteiger partial charge on any atom is -0.355 e. The van der Waals surface area contributed by atoms with Crippen LogP contribution < -0.4 is 5.32 Å². The Morgan fingerprint density at radius 2 is 1.96 bits per heavy atom. The third-order valence-corrected chi connectivity index (χ3v) is 5.11. The number of piperidine rings is 1. The predicted molar refractivity (Wildman–Crippen MR) is 107 cm³/mol. The lowest BCUT2D eigenvalue weighted by Crippen LogP contribution is -2.34. The molecular formula is C21H26N6. The van der Waals surface area contributed by atoms with Crippen molar-refractivity contribution >= 4 is 5.95 Å². The van der Waals surface area contributed by atoms with E-state index < -0.39 is 0 Å². The molecule has 1 atom stereocenters. The topological polar surface area (TPSA) is 69.7 Å². The Kier molecular flexibility index (Phi) is 5.44. The second-order valence-electron chi connectivity index (χ2n) is 7.08. The van der Waals surface area contributed by atoms with Gasteiger partial charge in [0.15, 0.2) is 0 Å². The van der Waals surface area contributed by atoms with Gasteiger partial charge in [0, 0.05) is 54.8 Å². The number of aromatic amines is 1. The Bertz CT molecular complexity index is 843. The summed E-state index contributed by atoms with van der Waals surface area (Å²) in [6.07, 6.45) is 8.19. The Morgan fingerprint density at radius 1 is 1.15 bits per heavy atom. The average molecular weight is 362 g/mol. The van der Waals surface area contributed by atoms with Crippen molar-refractivity contribution < 1.29 is 0 Å². The summed E-state index contributed by atoms with van der Waals surface area (Å²) >= 11 is 0. The molecule has 0 spiro atoms. The smallest absolute Gasteiger partial charge is 0.222 e. The van der Waals surface area contributed by atoms with Gasteiger partial charge in [0.2, 0.25) is 5.95 Å². The van der Waals surface area contributed by atoms with Gasteiger partial charge >= 0.3 is 0 Å². The van der Waals surface area contributed by atoms with Gasteiger partial charge in [0.1, 0.15) is 0 Å². The van der Waals surface area contributed by atoms with Crippen LogP contribution >= 0.6 is 0 Å². The molecule has 0 unspecified atom stereocenters. The summed E-state index contributed by atoms with van der Waals surface area (Å²) in [7, 11) is 0. The fourth-order valence-electron chi connectivity index (χ4n) is 3.83. The first-order chi connectivity index (χ1) is 13.3. The molecule has 3 heterocycles. The molecule has 0 radical (unpaired) electrons. The Morgan fingerprint density at radius 3 is 2.74 bits per heavy atom. The molecule has 140 valence electrons. The highest BCUT2D eigenvalue weighted by Gasteiger charge is 2.25. The van der Waals surface area contributed by atoms with Crippen LogP contribution in [0, 0.1) is 0 Å². The van der Waals surface area contributed by atoms with Gasteiger partial charge in [0.05, 0.1) is 6.20 Å². The Labute approximate surface area is 160 Å². The van der Waals surface area contributed by atoms with Crippen LogP contribution in [0.1, 0.15) is 36.9 Å². The Hall–Kier alpha value is -2.73. The van der Waals surface area contributed by atoms with Gasteiger partial charge in [-0.1, -0.05) is 30.3 Å². The molecule has 27 heavy (non-hydrogen) atoms. The molecule has 1 aliphatic heterocycles. The third kappa shape index (κ3) is 4.17. The van der Waals surface area contributed by atoms with Crippen molar-refractivity contribution in [3.63, 3.8) is 0 Å². The van der Waals surface area contributed by atoms with Crippen LogP contribution in [-0.4, -0.2) is 44.7 Å². The van der Waals surface area contributed by atoms with Crippen LogP contribution in [0.3, 0.4) is 0 Å². The molecule has 1 saturated heterocycles. The molecule has 0 saturated carbocycles. The van der Waals surface area contributed by atoms with Crippen molar-refractivity contribution in [1.29, 1.82) is 0 Å². The minimum atomic E-state index is 0.471. The van der Waals surface area contributed by atoms with E-state index in [1.165, 1.54) is 29.7 Å². The highest BCUT2D eigenvalue weighted by molar-refractivity contribution is 5.65. The number of H-pyrrole nitrogens is 1. The van der Waals surface area contributed by atoms with Gasteiger partial charge in [-0.3, -0.25) is 10.00 Å². The molecule has 6 heteroatoms. The summed E-state index contributed by atoms with van der Waals surface area (Å²) in [5.41, 5.74) is 4.86. The van der Waals surface area contributed by atoms with Crippen molar-refractivity contribution in [3.8, 4) is 11.1 Å². The fourth-order valence-corrected chi connectivity index (χ4v) is 3.83. The molecule has 1 aliphatic rings. The molecule has 1 fully saturated rings. The molecule has 0 bridgehead atoms. The highest BCUT2D eigenvalue weighted by atomic mass is 15.2. The molecule has 6 nitrogen and oxygen atoms in total. The average Bonchev–Trinajstić information content (AvgIpc) is 3.21. The SMILES string of the molecule is CCNc1ncc(CN2CCC[C@@H](c3[nH]ncc3-c3ccccc3)C2)cn1. The lowest BCUT2D eigenvalue weighted by Gasteiger charge is -2.32. The van der Waals surface area contributed by atoms with Crippen LogP contribution in [0.4, 0.5) is 5.95 Å². The zero-order chi connectivity index (χ0) is 18.5. The van der Waals surface area contributed by atoms with E-state index in [1.807, 2.05) is 25.5 Å². The van der Waals surface area contributed by atoms with Crippen LogP contribution in [0.2, 0.25) is 0 Å². The molecule has 2 N–H and O–H groups in total. The summed E-state index contributed by atoms with van der Waals surface area (Å²) < 4.78 is 0. The number of hydrogen-bond donors (Lipinski definition) is 2. The number of likely N-dealkylation sites (tertiary alicyclic amines) is 1. The third-order valence-electron chi connectivity index (χ3n) is 5.11. The molecule has 0 amide bonds. The van der Waals surface area contributed by atoms with Crippen LogP contribution in [0.25, 0.3) is 11.1 Å². The molecular weight excluding hydrogens is 336 g/mol. The summed E-state index contributed by atoms with van der Waals surface area (Å²) in [5.74, 6) is 1.17. The quantitative estimate of drug-likeness (QED) is 0.700. The summed E-state index contributed by atoms with van der Waals surface area (Å²) in [5, 5.41) is 10.7. The number of rotatable bonds is 6. The lowest BCUT2D eigenvalue weighted by molar-refractivity contribution is 0.198. The van der Waals surface area contributed by atoms with E-state index in [0.29, 0.717) is 11.9 Å². The predicted octanol–water partition coefficient (Wildman–Crippen LogP) is 3.68. The second-order valence-corrected chi connectivity index (χ2v) is 7.08. The maximum absolute atomic E-state index is 4.39. The highest BCUT2D eigenvalue weighted by Crippen LogP contribution is 2.33. The molecule has 3 aromatic rings. The summed E-state index contributed by atoms with van der Waals surface area (Å²) in [6.45, 7) is 5.90. The van der Waals surface area contributed by atoms with Crippen LogP contribution in [-0.2, 0) is 6.54 Å². The number of aromatic nitrogens is 4. The van der Waals surface area contributed by atoms with E-state index in [9.17, 15) is 0 Å². The first-order valence-corrected chi connectivity index (χ1v) is 9.69. The second kappa shape index (κ2) is 8.31. The minimum absolute atomic E-state index is 0.471. The van der Waals surface area contributed by atoms with Gasteiger partial charge in [0.25, 0.3) is 0 Å². The normalized spacial score (nSPS) is 17.7. The van der Waals surface area contributed by atoms with Gasteiger partial charge in [-0.15, -0.1) is 0 Å². The van der Waals surface area contributed by atoms with Crippen molar-refractivity contribution in [2.75, 3.05) is 25.0 Å². The molecule has 4 rings (SSSR count). The van der Waals surface area contributed by atoms with Crippen molar-refractivity contribution in [2.24, 2.45) is 0 Å². The summed E-state index contributed by atoms with van der Waals surface area (Å²) in [6, 6.07) is 10.5. The van der Waals surface area contributed by atoms with E-state index >= 15 is 0 Å². The van der Waals surface area contributed by atoms with Gasteiger partial charge in [-0.25, -0.2) is 9.97 Å². The maximum atomic E-state index is 4.39. The zero-order valence-electron chi connectivity index (χ0n) is 15.7. The first kappa shape index (κ1) is 17.7. The lowest BCUT2D eigenvalue weighted by atomic mass is 9.90. The first-order valence-electron chi connectivity index (χ1n) is 9.69. The van der Waals surface area contributed by atoms with E-state index in [0.717, 1.165) is 31.7 Å². The van der Waals surface area contributed by atoms with Crippen molar-refractivity contribution in [2.45, 2.75) is 32.2 Å². The largest absolute Gasteiger partial charge is 0.355 e. The van der Waals surface area contributed by atoms with E-state index in [-0.39, 0.29) is 0 Å². The van der Waals surface area contributed by atoms with Gasteiger partial charge < -0.3 is 5.32 Å². The van der Waals surface area contributed by atoms with Gasteiger partial charge in [-0.2, -0.15) is 5.10 Å². The molecule has 2 aromatic heterocycles. The van der Waals surface area contributed by atoms with Crippen LogP contribution in [0.5, 0.6) is 0 Å².